The van der Waals surface area contributed by atoms with Crippen LogP contribution in [0, 0.1) is 12.8 Å². The SMILES string of the molecule is Cc1cc(CC(=O)N2[C@H]3CC[C@H]2[C@@H](C(=O)N2CCNC(=O)[C@@H]2C)C3)no1. The average Bonchev–Trinajstić information content (AvgIpc) is 3.31. The summed E-state index contributed by atoms with van der Waals surface area (Å²) >= 11 is 0. The van der Waals surface area contributed by atoms with Crippen molar-refractivity contribution in [1.82, 2.24) is 20.3 Å². The van der Waals surface area contributed by atoms with Crippen molar-refractivity contribution < 1.29 is 18.9 Å². The summed E-state index contributed by atoms with van der Waals surface area (Å²) in [5.74, 6) is 0.384. The summed E-state index contributed by atoms with van der Waals surface area (Å²) in [6.45, 7) is 4.58. The number of nitrogens with zero attached hydrogens (tertiary/aromatic N) is 3. The number of aryl methyl sites for hydroxylation is 1. The summed E-state index contributed by atoms with van der Waals surface area (Å²) in [5.41, 5.74) is 0.628. The predicted octanol–water partition coefficient (Wildman–Crippen LogP) is 0.252. The lowest BCUT2D eigenvalue weighted by Gasteiger charge is -2.36. The van der Waals surface area contributed by atoms with Gasteiger partial charge in [-0.25, -0.2) is 0 Å². The zero-order chi connectivity index (χ0) is 18.4. The minimum Gasteiger partial charge on any atom is -0.361 e. The molecule has 4 atom stereocenters. The van der Waals surface area contributed by atoms with Crippen LogP contribution < -0.4 is 5.32 Å². The third-order valence-corrected chi connectivity index (χ3v) is 5.93. The molecule has 0 saturated carbocycles. The Kier molecular flexibility index (Phi) is 4.20. The van der Waals surface area contributed by atoms with E-state index in [1.54, 1.807) is 24.8 Å². The topological polar surface area (TPSA) is 95.8 Å². The zero-order valence-electron chi connectivity index (χ0n) is 15.1. The fourth-order valence-electron chi connectivity index (χ4n) is 4.69. The van der Waals surface area contributed by atoms with Gasteiger partial charge < -0.3 is 19.6 Å². The smallest absolute Gasteiger partial charge is 0.242 e. The summed E-state index contributed by atoms with van der Waals surface area (Å²) in [6, 6.07) is 1.37. The number of piperazine rings is 1. The molecule has 3 amide bonds. The van der Waals surface area contributed by atoms with E-state index >= 15 is 0 Å². The Bertz CT molecular complexity index is 745. The average molecular weight is 360 g/mol. The lowest BCUT2D eigenvalue weighted by Crippen LogP contribution is -2.58. The van der Waals surface area contributed by atoms with Gasteiger partial charge in [0.1, 0.15) is 11.8 Å². The van der Waals surface area contributed by atoms with Crippen LogP contribution in [0.1, 0.15) is 37.6 Å². The molecule has 0 aliphatic carbocycles. The molecule has 0 radical (unpaired) electrons. The van der Waals surface area contributed by atoms with E-state index < -0.39 is 6.04 Å². The lowest BCUT2D eigenvalue weighted by atomic mass is 9.87. The van der Waals surface area contributed by atoms with Crippen LogP contribution in [-0.2, 0) is 20.8 Å². The van der Waals surface area contributed by atoms with Crippen LogP contribution in [0.5, 0.6) is 0 Å². The van der Waals surface area contributed by atoms with Crippen LogP contribution in [0.25, 0.3) is 0 Å². The van der Waals surface area contributed by atoms with E-state index in [-0.39, 0.29) is 42.1 Å². The van der Waals surface area contributed by atoms with Crippen LogP contribution in [0.15, 0.2) is 10.6 Å². The maximum absolute atomic E-state index is 13.1. The minimum atomic E-state index is -0.447. The summed E-state index contributed by atoms with van der Waals surface area (Å²) in [7, 11) is 0. The Morgan fingerprint density at radius 2 is 2.19 bits per heavy atom. The van der Waals surface area contributed by atoms with E-state index in [9.17, 15) is 14.4 Å². The molecule has 3 saturated heterocycles. The monoisotopic (exact) mass is 360 g/mol. The summed E-state index contributed by atoms with van der Waals surface area (Å²) in [5, 5.41) is 6.69. The van der Waals surface area contributed by atoms with E-state index in [0.717, 1.165) is 12.8 Å². The molecule has 0 aromatic carbocycles. The molecule has 1 N–H and O–H groups in total. The first-order chi connectivity index (χ1) is 12.5. The Labute approximate surface area is 151 Å². The molecule has 8 heteroatoms. The van der Waals surface area contributed by atoms with Crippen LogP contribution in [-0.4, -0.2) is 63.9 Å². The molecule has 3 aliphatic heterocycles. The predicted molar refractivity (Wildman–Crippen MR) is 90.9 cm³/mol. The molecular formula is C18H24N4O4. The highest BCUT2D eigenvalue weighted by atomic mass is 16.5. The molecule has 3 fully saturated rings. The highest BCUT2D eigenvalue weighted by Crippen LogP contribution is 2.43. The molecule has 4 rings (SSSR count). The number of hydrogen-bond acceptors (Lipinski definition) is 5. The van der Waals surface area contributed by atoms with Gasteiger partial charge in [-0.3, -0.25) is 14.4 Å². The van der Waals surface area contributed by atoms with E-state index in [4.69, 9.17) is 4.52 Å². The van der Waals surface area contributed by atoms with Crippen LogP contribution in [0.2, 0.25) is 0 Å². The van der Waals surface area contributed by atoms with Gasteiger partial charge >= 0.3 is 0 Å². The second kappa shape index (κ2) is 6.41. The maximum Gasteiger partial charge on any atom is 0.242 e. The first-order valence-corrected chi connectivity index (χ1v) is 9.27. The molecule has 140 valence electrons. The van der Waals surface area contributed by atoms with Gasteiger partial charge in [0.15, 0.2) is 0 Å². The van der Waals surface area contributed by atoms with Gasteiger partial charge in [0.2, 0.25) is 17.7 Å². The number of aromatic nitrogens is 1. The molecule has 2 bridgehead atoms. The van der Waals surface area contributed by atoms with E-state index in [0.29, 0.717) is 31.0 Å². The normalized spacial score (nSPS) is 30.6. The Hall–Kier alpha value is -2.38. The van der Waals surface area contributed by atoms with Gasteiger partial charge in [0, 0.05) is 31.2 Å². The Morgan fingerprint density at radius 3 is 2.92 bits per heavy atom. The van der Waals surface area contributed by atoms with Gasteiger partial charge in [-0.15, -0.1) is 0 Å². The molecule has 0 unspecified atom stereocenters. The molecule has 3 aliphatic rings. The fourth-order valence-corrected chi connectivity index (χ4v) is 4.69. The van der Waals surface area contributed by atoms with Crippen molar-refractivity contribution in [2.45, 2.75) is 57.7 Å². The minimum absolute atomic E-state index is 0.00513. The molecule has 0 spiro atoms. The van der Waals surface area contributed by atoms with Gasteiger partial charge in [0.25, 0.3) is 0 Å². The van der Waals surface area contributed by atoms with E-state index in [2.05, 4.69) is 10.5 Å². The second-order valence-corrected chi connectivity index (χ2v) is 7.55. The number of carbonyl (C=O) groups excluding carboxylic acids is 3. The first kappa shape index (κ1) is 17.1. The first-order valence-electron chi connectivity index (χ1n) is 9.27. The van der Waals surface area contributed by atoms with Gasteiger partial charge in [0.05, 0.1) is 18.0 Å². The quantitative estimate of drug-likeness (QED) is 0.834. The second-order valence-electron chi connectivity index (χ2n) is 7.55. The van der Waals surface area contributed by atoms with Crippen molar-refractivity contribution in [2.75, 3.05) is 13.1 Å². The lowest BCUT2D eigenvalue weighted by molar-refractivity contribution is -0.146. The summed E-state index contributed by atoms with van der Waals surface area (Å²) in [4.78, 5) is 41.3. The number of carbonyl (C=O) groups is 3. The fraction of sp³-hybridized carbons (Fsp3) is 0.667. The number of amides is 3. The molecule has 4 heterocycles. The van der Waals surface area contributed by atoms with Gasteiger partial charge in [-0.2, -0.15) is 0 Å². The Balaban J connectivity index is 1.46. The Morgan fingerprint density at radius 1 is 1.38 bits per heavy atom. The number of hydrogen-bond donors (Lipinski definition) is 1. The maximum atomic E-state index is 13.1. The third kappa shape index (κ3) is 2.77. The van der Waals surface area contributed by atoms with E-state index in [1.807, 2.05) is 4.90 Å². The van der Waals surface area contributed by atoms with Crippen molar-refractivity contribution >= 4 is 17.7 Å². The zero-order valence-corrected chi connectivity index (χ0v) is 15.1. The van der Waals surface area contributed by atoms with Crippen molar-refractivity contribution in [3.63, 3.8) is 0 Å². The number of nitrogens with one attached hydrogen (secondary N) is 1. The third-order valence-electron chi connectivity index (χ3n) is 5.93. The highest BCUT2D eigenvalue weighted by Gasteiger charge is 2.52. The highest BCUT2D eigenvalue weighted by molar-refractivity contribution is 5.90. The number of rotatable bonds is 3. The van der Waals surface area contributed by atoms with Crippen LogP contribution in [0.3, 0.4) is 0 Å². The summed E-state index contributed by atoms with van der Waals surface area (Å²) < 4.78 is 5.04. The van der Waals surface area contributed by atoms with Gasteiger partial charge in [-0.05, 0) is 33.1 Å². The molecule has 1 aromatic rings. The van der Waals surface area contributed by atoms with Crippen molar-refractivity contribution in [2.24, 2.45) is 5.92 Å². The molecule has 8 nitrogen and oxygen atoms in total. The van der Waals surface area contributed by atoms with Crippen LogP contribution in [0.4, 0.5) is 0 Å². The molecular weight excluding hydrogens is 336 g/mol. The summed E-state index contributed by atoms with van der Waals surface area (Å²) in [6.07, 6.45) is 2.68. The molecule has 1 aromatic heterocycles. The van der Waals surface area contributed by atoms with Crippen LogP contribution >= 0.6 is 0 Å². The number of fused-ring (bicyclic) bond motifs is 2. The van der Waals surface area contributed by atoms with Crippen molar-refractivity contribution in [3.05, 3.63) is 17.5 Å². The van der Waals surface area contributed by atoms with Crippen molar-refractivity contribution in [3.8, 4) is 0 Å². The van der Waals surface area contributed by atoms with E-state index in [1.165, 1.54) is 0 Å². The van der Waals surface area contributed by atoms with Gasteiger partial charge in [-0.1, -0.05) is 5.16 Å². The van der Waals surface area contributed by atoms with Crippen molar-refractivity contribution in [1.29, 1.82) is 0 Å². The standard InChI is InChI=1S/C18H24N4O4/c1-10-7-12(20-26-10)8-16(23)22-13-3-4-15(22)14(9-13)18(25)21-6-5-19-17(24)11(21)2/h7,11,13-15H,3-6,8-9H2,1-2H3,(H,19,24)/t11-,13-,14-,15-/m0/s1. The molecule has 26 heavy (non-hydrogen) atoms. The largest absolute Gasteiger partial charge is 0.361 e.